The van der Waals surface area contributed by atoms with Crippen LogP contribution >= 0.6 is 0 Å². The van der Waals surface area contributed by atoms with Crippen molar-refractivity contribution in [3.05, 3.63) is 36.0 Å². The Balaban J connectivity index is 1.71. The second-order valence-electron chi connectivity index (χ2n) is 6.58. The molecule has 1 unspecified atom stereocenters. The average Bonchev–Trinajstić information content (AvgIpc) is 2.85. The minimum absolute atomic E-state index is 0.116. The molecule has 7 nitrogen and oxygen atoms in total. The summed E-state index contributed by atoms with van der Waals surface area (Å²) < 4.78 is 10.0. The topological polar surface area (TPSA) is 84.9 Å². The standard InChI is InChI=1S/C18H20N2O5/c1-11-4-9-15(21)20(11)13-7-5-12(6-8-13)19-10-14-16(22)24-18(2,3)25-17(14)23/h5-8,10-11,19H,4,9H2,1-3H3. The van der Waals surface area contributed by atoms with E-state index in [9.17, 15) is 14.4 Å². The highest BCUT2D eigenvalue weighted by Gasteiger charge is 2.39. The molecule has 0 saturated carbocycles. The van der Waals surface area contributed by atoms with Gasteiger partial charge in [-0.05, 0) is 37.6 Å². The summed E-state index contributed by atoms with van der Waals surface area (Å²) in [7, 11) is 0. The molecule has 0 radical (unpaired) electrons. The molecule has 1 amide bonds. The van der Waals surface area contributed by atoms with E-state index < -0.39 is 17.7 Å². The van der Waals surface area contributed by atoms with Gasteiger partial charge in [0, 0.05) is 43.9 Å². The molecule has 2 saturated heterocycles. The Morgan fingerprint density at radius 1 is 1.12 bits per heavy atom. The predicted octanol–water partition coefficient (Wildman–Crippen LogP) is 2.33. The van der Waals surface area contributed by atoms with Crippen molar-refractivity contribution in [3.63, 3.8) is 0 Å². The van der Waals surface area contributed by atoms with E-state index in [2.05, 4.69) is 5.32 Å². The first-order valence-electron chi connectivity index (χ1n) is 8.12. The van der Waals surface area contributed by atoms with E-state index in [-0.39, 0.29) is 17.5 Å². The lowest BCUT2D eigenvalue weighted by Crippen LogP contribution is -2.42. The van der Waals surface area contributed by atoms with Gasteiger partial charge in [0.05, 0.1) is 0 Å². The van der Waals surface area contributed by atoms with Crippen molar-refractivity contribution in [2.45, 2.75) is 45.4 Å². The van der Waals surface area contributed by atoms with Crippen molar-refractivity contribution < 1.29 is 23.9 Å². The molecule has 25 heavy (non-hydrogen) atoms. The van der Waals surface area contributed by atoms with Crippen LogP contribution in [-0.2, 0) is 23.9 Å². The highest BCUT2D eigenvalue weighted by Crippen LogP contribution is 2.28. The molecule has 132 valence electrons. The van der Waals surface area contributed by atoms with Gasteiger partial charge in [0.15, 0.2) is 5.57 Å². The molecule has 2 heterocycles. The lowest BCUT2D eigenvalue weighted by Gasteiger charge is -2.29. The molecule has 7 heteroatoms. The van der Waals surface area contributed by atoms with Crippen molar-refractivity contribution in [1.82, 2.24) is 0 Å². The Hall–Kier alpha value is -2.83. The van der Waals surface area contributed by atoms with Gasteiger partial charge in [-0.1, -0.05) is 0 Å². The van der Waals surface area contributed by atoms with E-state index in [4.69, 9.17) is 9.47 Å². The molecule has 3 rings (SSSR count). The highest BCUT2D eigenvalue weighted by molar-refractivity contribution is 6.15. The Morgan fingerprint density at radius 2 is 1.72 bits per heavy atom. The highest BCUT2D eigenvalue weighted by atomic mass is 16.7. The number of hydrogen-bond donors (Lipinski definition) is 1. The first-order valence-corrected chi connectivity index (χ1v) is 8.12. The van der Waals surface area contributed by atoms with Crippen LogP contribution in [0.15, 0.2) is 36.0 Å². The van der Waals surface area contributed by atoms with Crippen LogP contribution in [0.5, 0.6) is 0 Å². The predicted molar refractivity (Wildman–Crippen MR) is 90.6 cm³/mol. The number of esters is 2. The fraction of sp³-hybridized carbons (Fsp3) is 0.389. The maximum Gasteiger partial charge on any atom is 0.350 e. The summed E-state index contributed by atoms with van der Waals surface area (Å²) in [6.07, 6.45) is 2.68. The number of hydrogen-bond acceptors (Lipinski definition) is 6. The summed E-state index contributed by atoms with van der Waals surface area (Å²) in [6.45, 7) is 5.00. The van der Waals surface area contributed by atoms with Gasteiger partial charge in [-0.25, -0.2) is 9.59 Å². The first-order chi connectivity index (χ1) is 11.8. The van der Waals surface area contributed by atoms with Crippen molar-refractivity contribution in [2.24, 2.45) is 0 Å². The summed E-state index contributed by atoms with van der Waals surface area (Å²) in [6, 6.07) is 7.37. The average molecular weight is 344 g/mol. The SMILES string of the molecule is CC1CCC(=O)N1c1ccc(NC=C2C(=O)OC(C)(C)OC2=O)cc1. The Bertz CT molecular complexity index is 729. The number of carbonyl (C=O) groups is 3. The van der Waals surface area contributed by atoms with Crippen LogP contribution in [0.25, 0.3) is 0 Å². The van der Waals surface area contributed by atoms with Crippen molar-refractivity contribution in [3.8, 4) is 0 Å². The maximum absolute atomic E-state index is 11.9. The number of ether oxygens (including phenoxy) is 2. The Labute approximate surface area is 145 Å². The largest absolute Gasteiger partial charge is 0.419 e. The first kappa shape index (κ1) is 17.0. The van der Waals surface area contributed by atoms with Crippen molar-refractivity contribution >= 4 is 29.2 Å². The minimum atomic E-state index is -1.26. The zero-order chi connectivity index (χ0) is 18.2. The third-order valence-corrected chi connectivity index (χ3v) is 4.13. The van der Waals surface area contributed by atoms with E-state index in [0.29, 0.717) is 12.1 Å². The molecule has 1 aromatic carbocycles. The van der Waals surface area contributed by atoms with Gasteiger partial charge in [-0.15, -0.1) is 0 Å². The fourth-order valence-electron chi connectivity index (χ4n) is 2.88. The van der Waals surface area contributed by atoms with Crippen LogP contribution in [0.1, 0.15) is 33.6 Å². The van der Waals surface area contributed by atoms with Crippen LogP contribution < -0.4 is 10.2 Å². The molecule has 2 fully saturated rings. The normalized spacial score (nSPS) is 22.5. The lowest BCUT2D eigenvalue weighted by atomic mass is 10.2. The second-order valence-corrected chi connectivity index (χ2v) is 6.58. The summed E-state index contributed by atoms with van der Waals surface area (Å²) in [5.41, 5.74) is 1.29. The number of anilines is 2. The minimum Gasteiger partial charge on any atom is -0.419 e. The summed E-state index contributed by atoms with van der Waals surface area (Å²) in [4.78, 5) is 37.4. The number of nitrogens with one attached hydrogen (secondary N) is 1. The van der Waals surface area contributed by atoms with Gasteiger partial charge in [-0.2, -0.15) is 0 Å². The zero-order valence-corrected chi connectivity index (χ0v) is 14.4. The van der Waals surface area contributed by atoms with Crippen LogP contribution in [0, 0.1) is 0 Å². The van der Waals surface area contributed by atoms with Crippen LogP contribution in [-0.4, -0.2) is 29.7 Å². The summed E-state index contributed by atoms with van der Waals surface area (Å²) in [5.74, 6) is -2.61. The molecular weight excluding hydrogens is 324 g/mol. The van der Waals surface area contributed by atoms with E-state index in [1.54, 1.807) is 17.0 Å². The molecule has 0 aromatic heterocycles. The van der Waals surface area contributed by atoms with E-state index >= 15 is 0 Å². The quantitative estimate of drug-likeness (QED) is 0.515. The second kappa shape index (κ2) is 6.23. The smallest absolute Gasteiger partial charge is 0.350 e. The molecule has 2 aliphatic heterocycles. The lowest BCUT2D eigenvalue weighted by molar-refractivity contribution is -0.222. The van der Waals surface area contributed by atoms with E-state index in [0.717, 1.165) is 12.1 Å². The third-order valence-electron chi connectivity index (χ3n) is 4.13. The molecule has 2 aliphatic rings. The van der Waals surface area contributed by atoms with Crippen molar-refractivity contribution in [2.75, 3.05) is 10.2 Å². The molecule has 0 spiro atoms. The fourth-order valence-corrected chi connectivity index (χ4v) is 2.88. The molecule has 1 N–H and O–H groups in total. The van der Waals surface area contributed by atoms with Crippen LogP contribution in [0.4, 0.5) is 11.4 Å². The Kier molecular flexibility index (Phi) is 4.24. The molecular formula is C18H20N2O5. The van der Waals surface area contributed by atoms with Gasteiger partial charge >= 0.3 is 11.9 Å². The number of amides is 1. The number of nitrogens with zero attached hydrogens (tertiary/aromatic N) is 1. The maximum atomic E-state index is 11.9. The van der Waals surface area contributed by atoms with Crippen molar-refractivity contribution in [1.29, 1.82) is 0 Å². The Morgan fingerprint density at radius 3 is 2.24 bits per heavy atom. The monoisotopic (exact) mass is 344 g/mol. The summed E-state index contributed by atoms with van der Waals surface area (Å²) in [5, 5.41) is 2.88. The third kappa shape index (κ3) is 3.50. The number of benzene rings is 1. The van der Waals surface area contributed by atoms with Crippen LogP contribution in [0.2, 0.25) is 0 Å². The van der Waals surface area contributed by atoms with Gasteiger partial charge in [0.2, 0.25) is 5.91 Å². The number of cyclic esters (lactones) is 2. The summed E-state index contributed by atoms with van der Waals surface area (Å²) >= 11 is 0. The van der Waals surface area contributed by atoms with Gasteiger partial charge in [0.1, 0.15) is 0 Å². The molecule has 0 bridgehead atoms. The van der Waals surface area contributed by atoms with Crippen LogP contribution in [0.3, 0.4) is 0 Å². The molecule has 1 atom stereocenters. The molecule has 0 aliphatic carbocycles. The van der Waals surface area contributed by atoms with Gasteiger partial charge in [0.25, 0.3) is 5.79 Å². The zero-order valence-electron chi connectivity index (χ0n) is 14.4. The van der Waals surface area contributed by atoms with E-state index in [1.807, 2.05) is 19.1 Å². The van der Waals surface area contributed by atoms with E-state index in [1.165, 1.54) is 20.0 Å². The number of rotatable bonds is 3. The van der Waals surface area contributed by atoms with Gasteiger partial charge < -0.3 is 19.7 Å². The van der Waals surface area contributed by atoms with Gasteiger partial charge in [-0.3, -0.25) is 4.79 Å². The number of carbonyl (C=O) groups excluding carboxylic acids is 3. The molecule has 1 aromatic rings.